The minimum atomic E-state index is -0.0974. The second-order valence-electron chi connectivity index (χ2n) is 7.40. The molecule has 1 atom stereocenters. The third-order valence-corrected chi connectivity index (χ3v) is 5.71. The molecule has 2 heterocycles. The normalized spacial score (nSPS) is 16.5. The Morgan fingerprint density at radius 2 is 2.13 bits per heavy atom. The molecule has 1 aliphatic rings. The zero-order valence-corrected chi connectivity index (χ0v) is 17.8. The molecule has 2 aromatic carbocycles. The first-order chi connectivity index (χ1) is 14.6. The molecule has 158 valence electrons. The first-order valence-electron chi connectivity index (χ1n) is 9.96. The van der Waals surface area contributed by atoms with E-state index in [4.69, 9.17) is 21.1 Å². The fraction of sp³-hybridized carbons (Fsp3) is 0.364. The average Bonchev–Trinajstić information content (AvgIpc) is 3.20. The number of fused-ring (bicyclic) bond motifs is 1. The van der Waals surface area contributed by atoms with Crippen LogP contribution in [0, 0.1) is 5.92 Å². The summed E-state index contributed by atoms with van der Waals surface area (Å²) >= 11 is 6.07. The number of carbonyl (C=O) groups is 1. The second kappa shape index (κ2) is 8.83. The number of imidazole rings is 1. The number of H-pyrrole nitrogens is 1. The van der Waals surface area contributed by atoms with Crippen LogP contribution >= 0.6 is 11.6 Å². The van der Waals surface area contributed by atoms with Crippen molar-refractivity contribution in [3.8, 4) is 11.5 Å². The minimum absolute atomic E-state index is 0.0386. The van der Waals surface area contributed by atoms with Gasteiger partial charge in [0.1, 0.15) is 11.5 Å². The predicted octanol–water partition coefficient (Wildman–Crippen LogP) is 3.77. The van der Waals surface area contributed by atoms with Gasteiger partial charge in [0.05, 0.1) is 31.2 Å². The number of hydrogen-bond donors (Lipinski definition) is 2. The summed E-state index contributed by atoms with van der Waals surface area (Å²) in [7, 11) is 3.22. The molecule has 1 saturated heterocycles. The highest BCUT2D eigenvalue weighted by Gasteiger charge is 2.27. The summed E-state index contributed by atoms with van der Waals surface area (Å²) in [5.41, 5.74) is 2.68. The number of benzene rings is 2. The van der Waals surface area contributed by atoms with Gasteiger partial charge in [0, 0.05) is 36.3 Å². The van der Waals surface area contributed by atoms with E-state index in [9.17, 15) is 4.79 Å². The van der Waals surface area contributed by atoms with Crippen LogP contribution in [-0.4, -0.2) is 43.2 Å². The number of nitrogens with one attached hydrogen (secondary N) is 2. The number of piperidine rings is 1. The molecule has 0 aliphatic carbocycles. The lowest BCUT2D eigenvalue weighted by Crippen LogP contribution is -2.43. The number of rotatable bonds is 6. The summed E-state index contributed by atoms with van der Waals surface area (Å²) in [4.78, 5) is 22.9. The van der Waals surface area contributed by atoms with Crippen molar-refractivity contribution in [2.24, 2.45) is 5.92 Å². The van der Waals surface area contributed by atoms with Gasteiger partial charge in [0.2, 0.25) is 11.9 Å². The van der Waals surface area contributed by atoms with Gasteiger partial charge in [0.15, 0.2) is 0 Å². The maximum absolute atomic E-state index is 12.8. The highest BCUT2D eigenvalue weighted by atomic mass is 35.5. The molecule has 0 bridgehead atoms. The molecule has 1 amide bonds. The van der Waals surface area contributed by atoms with Crippen molar-refractivity contribution in [2.45, 2.75) is 19.4 Å². The van der Waals surface area contributed by atoms with Gasteiger partial charge in [-0.05, 0) is 43.2 Å². The van der Waals surface area contributed by atoms with Crippen molar-refractivity contribution in [1.29, 1.82) is 0 Å². The quantitative estimate of drug-likeness (QED) is 0.624. The van der Waals surface area contributed by atoms with E-state index in [2.05, 4.69) is 20.2 Å². The molecule has 30 heavy (non-hydrogen) atoms. The highest BCUT2D eigenvalue weighted by Crippen LogP contribution is 2.26. The van der Waals surface area contributed by atoms with Gasteiger partial charge in [-0.25, -0.2) is 4.98 Å². The highest BCUT2D eigenvalue weighted by molar-refractivity contribution is 6.31. The van der Waals surface area contributed by atoms with Crippen LogP contribution in [0.5, 0.6) is 11.5 Å². The van der Waals surface area contributed by atoms with Crippen LogP contribution in [0.2, 0.25) is 5.02 Å². The number of methoxy groups -OCH3 is 2. The molecular weight excluding hydrogens is 404 g/mol. The van der Waals surface area contributed by atoms with Gasteiger partial charge >= 0.3 is 0 Å². The number of carbonyl (C=O) groups excluding carboxylic acids is 1. The zero-order valence-electron chi connectivity index (χ0n) is 17.1. The summed E-state index contributed by atoms with van der Waals surface area (Å²) in [6.07, 6.45) is 1.79. The van der Waals surface area contributed by atoms with Crippen molar-refractivity contribution in [1.82, 2.24) is 15.3 Å². The first-order valence-corrected chi connectivity index (χ1v) is 10.3. The Kier molecular flexibility index (Phi) is 5.99. The first kappa shape index (κ1) is 20.3. The van der Waals surface area contributed by atoms with E-state index in [1.807, 2.05) is 36.4 Å². The summed E-state index contributed by atoms with van der Waals surface area (Å²) in [6.45, 7) is 1.90. The largest absolute Gasteiger partial charge is 0.497 e. The van der Waals surface area contributed by atoms with Crippen LogP contribution in [0.4, 0.5) is 5.95 Å². The number of hydrogen-bond acceptors (Lipinski definition) is 5. The van der Waals surface area contributed by atoms with Crippen molar-refractivity contribution in [3.63, 3.8) is 0 Å². The van der Waals surface area contributed by atoms with Crippen molar-refractivity contribution < 1.29 is 14.3 Å². The van der Waals surface area contributed by atoms with Gasteiger partial charge in [0.25, 0.3) is 0 Å². The molecule has 1 aromatic heterocycles. The van der Waals surface area contributed by atoms with Gasteiger partial charge in [-0.3, -0.25) is 4.79 Å². The van der Waals surface area contributed by atoms with Crippen LogP contribution in [0.3, 0.4) is 0 Å². The minimum Gasteiger partial charge on any atom is -0.497 e. The Bertz CT molecular complexity index is 1050. The second-order valence-corrected chi connectivity index (χ2v) is 7.84. The Balaban J connectivity index is 1.41. The van der Waals surface area contributed by atoms with Gasteiger partial charge in [-0.15, -0.1) is 0 Å². The van der Waals surface area contributed by atoms with Gasteiger partial charge in [-0.1, -0.05) is 11.6 Å². The molecule has 8 heteroatoms. The number of aromatic nitrogens is 2. The standard InChI is InChI=1S/C22H25ClN4O3/c1-29-17-7-5-14(20(11-17)30-2)12-24-21(28)15-4-3-9-27(13-15)22-25-18-8-6-16(23)10-19(18)26-22/h5-8,10-11,15H,3-4,9,12-13H2,1-2H3,(H,24,28)(H,25,26)/t15-/m1/s1. The number of halogens is 1. The molecule has 0 radical (unpaired) electrons. The van der Waals surface area contributed by atoms with Gasteiger partial charge in [-0.2, -0.15) is 0 Å². The van der Waals surface area contributed by atoms with Crippen LogP contribution in [0.1, 0.15) is 18.4 Å². The van der Waals surface area contributed by atoms with Crippen LogP contribution in [-0.2, 0) is 11.3 Å². The monoisotopic (exact) mass is 428 g/mol. The molecule has 2 N–H and O–H groups in total. The SMILES string of the molecule is COc1ccc(CNC(=O)[C@@H]2CCCN(c3nc4ccc(Cl)cc4[nH]3)C2)c(OC)c1. The summed E-state index contributed by atoms with van der Waals surface area (Å²) in [5, 5.41) is 3.72. The van der Waals surface area contributed by atoms with E-state index in [1.54, 1.807) is 14.2 Å². The third kappa shape index (κ3) is 4.31. The fourth-order valence-corrected chi connectivity index (χ4v) is 4.00. The van der Waals surface area contributed by atoms with E-state index in [0.29, 0.717) is 23.9 Å². The van der Waals surface area contributed by atoms with Crippen LogP contribution in [0.15, 0.2) is 36.4 Å². The zero-order chi connectivity index (χ0) is 21.1. The molecule has 0 saturated carbocycles. The van der Waals surface area contributed by atoms with E-state index < -0.39 is 0 Å². The van der Waals surface area contributed by atoms with Crippen LogP contribution < -0.4 is 19.7 Å². The van der Waals surface area contributed by atoms with Crippen molar-refractivity contribution in [3.05, 3.63) is 47.0 Å². The lowest BCUT2D eigenvalue weighted by molar-refractivity contribution is -0.125. The Morgan fingerprint density at radius 1 is 1.27 bits per heavy atom. The van der Waals surface area contributed by atoms with E-state index in [0.717, 1.165) is 47.7 Å². The van der Waals surface area contributed by atoms with E-state index in [-0.39, 0.29) is 11.8 Å². The van der Waals surface area contributed by atoms with Crippen molar-refractivity contribution >= 4 is 34.5 Å². The topological polar surface area (TPSA) is 79.5 Å². The summed E-state index contributed by atoms with van der Waals surface area (Å²) < 4.78 is 10.6. The molecule has 1 fully saturated rings. The Morgan fingerprint density at radius 3 is 2.93 bits per heavy atom. The molecule has 0 spiro atoms. The lowest BCUT2D eigenvalue weighted by atomic mass is 9.97. The molecule has 7 nitrogen and oxygen atoms in total. The third-order valence-electron chi connectivity index (χ3n) is 5.47. The maximum Gasteiger partial charge on any atom is 0.225 e. The maximum atomic E-state index is 12.8. The molecule has 0 unspecified atom stereocenters. The van der Waals surface area contributed by atoms with Crippen LogP contribution in [0.25, 0.3) is 11.0 Å². The number of nitrogens with zero attached hydrogens (tertiary/aromatic N) is 2. The lowest BCUT2D eigenvalue weighted by Gasteiger charge is -2.31. The molecule has 1 aliphatic heterocycles. The molecule has 4 rings (SSSR count). The van der Waals surface area contributed by atoms with E-state index >= 15 is 0 Å². The summed E-state index contributed by atoms with van der Waals surface area (Å²) in [5.74, 6) is 2.14. The number of ether oxygens (including phenoxy) is 2. The van der Waals surface area contributed by atoms with E-state index in [1.165, 1.54) is 0 Å². The predicted molar refractivity (Wildman–Crippen MR) is 117 cm³/mol. The number of aromatic amines is 1. The smallest absolute Gasteiger partial charge is 0.225 e. The van der Waals surface area contributed by atoms with Gasteiger partial charge < -0.3 is 24.7 Å². The number of anilines is 1. The Labute approximate surface area is 180 Å². The number of amides is 1. The average molecular weight is 429 g/mol. The Hall–Kier alpha value is -2.93. The molecule has 3 aromatic rings. The molecular formula is C22H25ClN4O3. The summed E-state index contributed by atoms with van der Waals surface area (Å²) in [6, 6.07) is 11.2. The fourth-order valence-electron chi connectivity index (χ4n) is 3.83. The van der Waals surface area contributed by atoms with Crippen molar-refractivity contribution in [2.75, 3.05) is 32.2 Å².